The largest absolute Gasteiger partial charge is 0.481 e. The van der Waals surface area contributed by atoms with Crippen LogP contribution >= 0.6 is 23.2 Å². The van der Waals surface area contributed by atoms with Crippen LogP contribution < -0.4 is 0 Å². The molecule has 2 rings (SSSR count). The van der Waals surface area contributed by atoms with Crippen LogP contribution in [0, 0.1) is 5.41 Å². The van der Waals surface area contributed by atoms with Crippen LogP contribution in [0.5, 0.6) is 0 Å². The summed E-state index contributed by atoms with van der Waals surface area (Å²) in [5, 5.41) is 10.6. The van der Waals surface area contributed by atoms with E-state index in [-0.39, 0.29) is 0 Å². The van der Waals surface area contributed by atoms with E-state index in [0.29, 0.717) is 16.6 Å². The Bertz CT molecular complexity index is 507. The molecule has 1 aromatic rings. The van der Waals surface area contributed by atoms with Crippen molar-refractivity contribution in [1.82, 2.24) is 4.90 Å². The number of likely N-dealkylation sites (tertiary alicyclic amines) is 1. The molecular formula is C15H19Cl2NO2. The molecule has 1 atom stereocenters. The summed E-state index contributed by atoms with van der Waals surface area (Å²) in [7, 11) is 0. The van der Waals surface area contributed by atoms with Crippen LogP contribution in [0.25, 0.3) is 0 Å². The Balaban J connectivity index is 2.05. The predicted octanol–water partition coefficient (Wildman–Crippen LogP) is 4.07. The van der Waals surface area contributed by atoms with Gasteiger partial charge in [0.15, 0.2) is 0 Å². The molecule has 0 spiro atoms. The van der Waals surface area contributed by atoms with Crippen molar-refractivity contribution in [2.24, 2.45) is 5.41 Å². The topological polar surface area (TPSA) is 40.5 Å². The van der Waals surface area contributed by atoms with Crippen LogP contribution in [0.15, 0.2) is 18.2 Å². The lowest BCUT2D eigenvalue weighted by Gasteiger charge is -2.24. The van der Waals surface area contributed by atoms with Crippen LogP contribution in [0.1, 0.15) is 31.7 Å². The molecule has 1 aromatic carbocycles. The highest BCUT2D eigenvalue weighted by Crippen LogP contribution is 2.36. The van der Waals surface area contributed by atoms with E-state index in [1.165, 1.54) is 0 Å². The molecule has 0 bridgehead atoms. The van der Waals surface area contributed by atoms with Gasteiger partial charge < -0.3 is 5.11 Å². The van der Waals surface area contributed by atoms with Crippen LogP contribution in [0.2, 0.25) is 10.0 Å². The Hall–Kier alpha value is -0.770. The van der Waals surface area contributed by atoms with Crippen molar-refractivity contribution < 1.29 is 9.90 Å². The first-order valence-electron chi connectivity index (χ1n) is 6.86. The first-order valence-corrected chi connectivity index (χ1v) is 7.62. The Morgan fingerprint density at radius 2 is 2.15 bits per heavy atom. The Labute approximate surface area is 129 Å². The minimum Gasteiger partial charge on any atom is -0.481 e. The summed E-state index contributed by atoms with van der Waals surface area (Å²) in [6, 6.07) is 5.57. The fourth-order valence-electron chi connectivity index (χ4n) is 2.95. The minimum atomic E-state index is -0.670. The summed E-state index contributed by atoms with van der Waals surface area (Å²) in [6.07, 6.45) is 2.35. The summed E-state index contributed by atoms with van der Waals surface area (Å²) < 4.78 is 0. The molecule has 1 fully saturated rings. The van der Waals surface area contributed by atoms with E-state index in [1.54, 1.807) is 6.07 Å². The lowest BCUT2D eigenvalue weighted by atomic mass is 9.83. The number of carboxylic acid groups (broad SMARTS) is 1. The van der Waals surface area contributed by atoms with Gasteiger partial charge in [0.25, 0.3) is 0 Å². The molecule has 3 nitrogen and oxygen atoms in total. The second kappa shape index (κ2) is 6.33. The highest BCUT2D eigenvalue weighted by Gasteiger charge is 2.43. The van der Waals surface area contributed by atoms with Crippen molar-refractivity contribution in [2.75, 3.05) is 13.1 Å². The maximum Gasteiger partial charge on any atom is 0.310 e. The van der Waals surface area contributed by atoms with E-state index in [9.17, 15) is 9.90 Å². The minimum absolute atomic E-state index is 0.543. The van der Waals surface area contributed by atoms with Crippen molar-refractivity contribution in [3.05, 3.63) is 33.8 Å². The van der Waals surface area contributed by atoms with Gasteiger partial charge in [0.05, 0.1) is 15.5 Å². The van der Waals surface area contributed by atoms with Crippen LogP contribution in [-0.2, 0) is 11.3 Å². The van der Waals surface area contributed by atoms with E-state index in [4.69, 9.17) is 23.2 Å². The highest BCUT2D eigenvalue weighted by atomic mass is 35.5. The average molecular weight is 316 g/mol. The molecule has 1 N–H and O–H groups in total. The van der Waals surface area contributed by atoms with Crippen molar-refractivity contribution >= 4 is 29.2 Å². The number of halogens is 2. The fraction of sp³-hybridized carbons (Fsp3) is 0.533. The molecule has 5 heteroatoms. The van der Waals surface area contributed by atoms with Gasteiger partial charge in [0, 0.05) is 13.1 Å². The summed E-state index contributed by atoms with van der Waals surface area (Å²) >= 11 is 11.9. The first kappa shape index (κ1) is 15.6. The molecule has 110 valence electrons. The number of nitrogens with zero attached hydrogens (tertiary/aromatic N) is 1. The zero-order valence-corrected chi connectivity index (χ0v) is 13.0. The number of carboxylic acids is 1. The van der Waals surface area contributed by atoms with Crippen LogP contribution in [0.4, 0.5) is 0 Å². The van der Waals surface area contributed by atoms with E-state index >= 15 is 0 Å². The van der Waals surface area contributed by atoms with Gasteiger partial charge in [-0.05, 0) is 37.1 Å². The SMILES string of the molecule is CCCC1(C(=O)O)CCN(Cc2ccc(Cl)c(Cl)c2)C1. The maximum absolute atomic E-state index is 11.5. The lowest BCUT2D eigenvalue weighted by Crippen LogP contribution is -2.34. The van der Waals surface area contributed by atoms with Gasteiger partial charge in [-0.3, -0.25) is 9.69 Å². The summed E-state index contributed by atoms with van der Waals surface area (Å²) in [6.45, 7) is 4.17. The molecule has 1 aliphatic heterocycles. The molecule has 1 heterocycles. The number of rotatable bonds is 5. The molecule has 0 radical (unpaired) electrons. The second-order valence-electron chi connectivity index (χ2n) is 5.54. The Kier molecular flexibility index (Phi) is 4.95. The third kappa shape index (κ3) is 3.27. The van der Waals surface area contributed by atoms with Gasteiger partial charge in [0.2, 0.25) is 0 Å². The lowest BCUT2D eigenvalue weighted by molar-refractivity contribution is -0.148. The predicted molar refractivity (Wildman–Crippen MR) is 81.3 cm³/mol. The zero-order chi connectivity index (χ0) is 14.8. The van der Waals surface area contributed by atoms with Crippen molar-refractivity contribution in [2.45, 2.75) is 32.7 Å². The van der Waals surface area contributed by atoms with Crippen molar-refractivity contribution in [3.8, 4) is 0 Å². The maximum atomic E-state index is 11.5. The van der Waals surface area contributed by atoms with Crippen molar-refractivity contribution in [1.29, 1.82) is 0 Å². The van der Waals surface area contributed by atoms with Gasteiger partial charge in [0.1, 0.15) is 0 Å². The number of hydrogen-bond donors (Lipinski definition) is 1. The van der Waals surface area contributed by atoms with Gasteiger partial charge in [-0.1, -0.05) is 42.6 Å². The molecule has 1 unspecified atom stereocenters. The smallest absolute Gasteiger partial charge is 0.310 e. The van der Waals surface area contributed by atoms with Crippen LogP contribution in [-0.4, -0.2) is 29.1 Å². The molecule has 0 aliphatic carbocycles. The zero-order valence-electron chi connectivity index (χ0n) is 11.5. The second-order valence-corrected chi connectivity index (χ2v) is 6.36. The number of carbonyl (C=O) groups is 1. The monoisotopic (exact) mass is 315 g/mol. The average Bonchev–Trinajstić information content (AvgIpc) is 2.79. The van der Waals surface area contributed by atoms with E-state index in [2.05, 4.69) is 4.90 Å². The molecule has 1 aliphatic rings. The van der Waals surface area contributed by atoms with E-state index < -0.39 is 11.4 Å². The summed E-state index contributed by atoms with van der Waals surface area (Å²) in [4.78, 5) is 13.7. The normalized spacial score (nSPS) is 23.1. The van der Waals surface area contributed by atoms with Gasteiger partial charge in [-0.15, -0.1) is 0 Å². The molecule has 0 amide bonds. The molecule has 0 saturated carbocycles. The quantitative estimate of drug-likeness (QED) is 0.890. The first-order chi connectivity index (χ1) is 9.47. The fourth-order valence-corrected chi connectivity index (χ4v) is 3.27. The molecule has 20 heavy (non-hydrogen) atoms. The standard InChI is InChI=1S/C15H19Cl2NO2/c1-2-5-15(14(19)20)6-7-18(10-15)9-11-3-4-12(16)13(17)8-11/h3-4,8H,2,5-7,9-10H2,1H3,(H,19,20). The molecule has 0 aromatic heterocycles. The Morgan fingerprint density at radius 1 is 1.40 bits per heavy atom. The van der Waals surface area contributed by atoms with Crippen molar-refractivity contribution in [3.63, 3.8) is 0 Å². The molecular weight excluding hydrogens is 297 g/mol. The van der Waals surface area contributed by atoms with Crippen LogP contribution in [0.3, 0.4) is 0 Å². The third-order valence-corrected chi connectivity index (χ3v) is 4.74. The third-order valence-electron chi connectivity index (χ3n) is 4.01. The van der Waals surface area contributed by atoms with Gasteiger partial charge in [-0.25, -0.2) is 0 Å². The van der Waals surface area contributed by atoms with Gasteiger partial charge >= 0.3 is 5.97 Å². The number of benzene rings is 1. The Morgan fingerprint density at radius 3 is 2.75 bits per heavy atom. The molecule has 1 saturated heterocycles. The number of aliphatic carboxylic acids is 1. The van der Waals surface area contributed by atoms with E-state index in [1.807, 2.05) is 19.1 Å². The summed E-state index contributed by atoms with van der Waals surface area (Å²) in [5.74, 6) is -0.670. The van der Waals surface area contributed by atoms with E-state index in [0.717, 1.165) is 37.9 Å². The summed E-state index contributed by atoms with van der Waals surface area (Å²) in [5.41, 5.74) is 0.488. The number of hydrogen-bond acceptors (Lipinski definition) is 2. The highest BCUT2D eigenvalue weighted by molar-refractivity contribution is 6.42. The van der Waals surface area contributed by atoms with Gasteiger partial charge in [-0.2, -0.15) is 0 Å².